The van der Waals surface area contributed by atoms with Gasteiger partial charge in [-0.05, 0) is 24.6 Å². The number of hydrogen-bond donors (Lipinski definition) is 0. The summed E-state index contributed by atoms with van der Waals surface area (Å²) < 4.78 is 0. The quantitative estimate of drug-likeness (QED) is 0.834. The fraction of sp³-hybridized carbons (Fsp3) is 0.231. The summed E-state index contributed by atoms with van der Waals surface area (Å²) in [5.41, 5.74) is 1.80. The van der Waals surface area contributed by atoms with Crippen LogP contribution in [0.4, 0.5) is 0 Å². The van der Waals surface area contributed by atoms with Gasteiger partial charge in [-0.25, -0.2) is 0 Å². The largest absolute Gasteiger partial charge is 0.337 e. The molecule has 2 heterocycles. The molecule has 0 aromatic carbocycles. The molecule has 0 spiro atoms. The number of hydrogen-bond acceptors (Lipinski definition) is 3. The van der Waals surface area contributed by atoms with Crippen LogP contribution in [0.1, 0.15) is 20.8 Å². The van der Waals surface area contributed by atoms with E-state index in [9.17, 15) is 4.79 Å². The van der Waals surface area contributed by atoms with Crippen LogP contribution in [0.5, 0.6) is 0 Å². The number of thiophene rings is 1. The SMILES string of the molecule is Cc1cc(C(=O)N(C)Cc2cccnc2)cs1. The lowest BCUT2D eigenvalue weighted by Gasteiger charge is -2.16. The molecule has 0 aliphatic heterocycles. The van der Waals surface area contributed by atoms with Crippen LogP contribution in [0, 0.1) is 6.92 Å². The number of rotatable bonds is 3. The number of aryl methyl sites for hydroxylation is 1. The van der Waals surface area contributed by atoms with E-state index in [0.717, 1.165) is 16.0 Å². The number of carbonyl (C=O) groups is 1. The summed E-state index contributed by atoms with van der Waals surface area (Å²) in [6, 6.07) is 5.77. The molecule has 1 amide bonds. The third kappa shape index (κ3) is 2.91. The average molecular weight is 246 g/mol. The summed E-state index contributed by atoms with van der Waals surface area (Å²) in [4.78, 5) is 19.0. The Bertz CT molecular complexity index is 507. The third-order valence-electron chi connectivity index (χ3n) is 2.47. The van der Waals surface area contributed by atoms with Gasteiger partial charge >= 0.3 is 0 Å². The summed E-state index contributed by atoms with van der Waals surface area (Å²) in [6.07, 6.45) is 3.51. The minimum atomic E-state index is 0.0539. The van der Waals surface area contributed by atoms with Crippen molar-refractivity contribution in [2.24, 2.45) is 0 Å². The van der Waals surface area contributed by atoms with E-state index in [1.165, 1.54) is 0 Å². The topological polar surface area (TPSA) is 33.2 Å². The van der Waals surface area contributed by atoms with E-state index in [4.69, 9.17) is 0 Å². The Labute approximate surface area is 105 Å². The molecule has 0 atom stereocenters. The molecule has 0 fully saturated rings. The number of aromatic nitrogens is 1. The van der Waals surface area contributed by atoms with Crippen LogP contribution in [-0.4, -0.2) is 22.8 Å². The highest BCUT2D eigenvalue weighted by Crippen LogP contribution is 2.15. The molecular weight excluding hydrogens is 232 g/mol. The van der Waals surface area contributed by atoms with Gasteiger partial charge in [0.2, 0.25) is 0 Å². The molecule has 3 nitrogen and oxygen atoms in total. The minimum Gasteiger partial charge on any atom is -0.337 e. The Morgan fingerprint density at radius 2 is 2.35 bits per heavy atom. The molecule has 0 bridgehead atoms. The zero-order chi connectivity index (χ0) is 12.3. The highest BCUT2D eigenvalue weighted by molar-refractivity contribution is 7.10. The maximum absolute atomic E-state index is 12.1. The third-order valence-corrected chi connectivity index (χ3v) is 3.33. The van der Waals surface area contributed by atoms with Crippen molar-refractivity contribution in [3.8, 4) is 0 Å². The molecule has 2 rings (SSSR count). The van der Waals surface area contributed by atoms with Crippen molar-refractivity contribution >= 4 is 17.2 Å². The summed E-state index contributed by atoms with van der Waals surface area (Å²) in [7, 11) is 1.81. The summed E-state index contributed by atoms with van der Waals surface area (Å²) in [6.45, 7) is 2.59. The molecule has 17 heavy (non-hydrogen) atoms. The summed E-state index contributed by atoms with van der Waals surface area (Å²) >= 11 is 1.60. The molecule has 4 heteroatoms. The predicted molar refractivity (Wildman–Crippen MR) is 69.1 cm³/mol. The fourth-order valence-corrected chi connectivity index (χ4v) is 2.29. The van der Waals surface area contributed by atoms with E-state index in [0.29, 0.717) is 6.54 Å². The summed E-state index contributed by atoms with van der Waals surface area (Å²) in [5.74, 6) is 0.0539. The van der Waals surface area contributed by atoms with E-state index in [-0.39, 0.29) is 5.91 Å². The Balaban J connectivity index is 2.06. The zero-order valence-corrected chi connectivity index (χ0v) is 10.7. The zero-order valence-electron chi connectivity index (χ0n) is 9.88. The van der Waals surface area contributed by atoms with E-state index < -0.39 is 0 Å². The first-order valence-electron chi connectivity index (χ1n) is 5.36. The first-order chi connectivity index (χ1) is 8.16. The van der Waals surface area contributed by atoms with Crippen LogP contribution in [0.25, 0.3) is 0 Å². The van der Waals surface area contributed by atoms with E-state index in [1.54, 1.807) is 28.6 Å². The molecule has 0 unspecified atom stereocenters. The molecular formula is C13H14N2OS. The Morgan fingerprint density at radius 3 is 2.94 bits per heavy atom. The second-order valence-corrected chi connectivity index (χ2v) is 5.08. The van der Waals surface area contributed by atoms with E-state index >= 15 is 0 Å². The highest BCUT2D eigenvalue weighted by Gasteiger charge is 2.13. The monoisotopic (exact) mass is 246 g/mol. The van der Waals surface area contributed by atoms with Crippen LogP contribution in [0.3, 0.4) is 0 Å². The lowest BCUT2D eigenvalue weighted by molar-refractivity contribution is 0.0785. The molecule has 0 aliphatic rings. The molecule has 0 N–H and O–H groups in total. The van der Waals surface area contributed by atoms with E-state index in [1.807, 2.05) is 37.6 Å². The smallest absolute Gasteiger partial charge is 0.254 e. The van der Waals surface area contributed by atoms with Crippen molar-refractivity contribution in [2.75, 3.05) is 7.05 Å². The first kappa shape index (κ1) is 11.8. The number of pyridine rings is 1. The molecule has 0 radical (unpaired) electrons. The standard InChI is InChI=1S/C13H14N2OS/c1-10-6-12(9-17-10)13(16)15(2)8-11-4-3-5-14-7-11/h3-7,9H,8H2,1-2H3. The Kier molecular flexibility index (Phi) is 3.54. The first-order valence-corrected chi connectivity index (χ1v) is 6.24. The lowest BCUT2D eigenvalue weighted by Crippen LogP contribution is -2.25. The maximum atomic E-state index is 12.1. The molecule has 2 aromatic heterocycles. The molecule has 88 valence electrons. The number of amides is 1. The van der Waals surface area contributed by atoms with Gasteiger partial charge in [0.25, 0.3) is 5.91 Å². The van der Waals surface area contributed by atoms with Gasteiger partial charge in [0.05, 0.1) is 5.56 Å². The van der Waals surface area contributed by atoms with Crippen LogP contribution < -0.4 is 0 Å². The average Bonchev–Trinajstić information content (AvgIpc) is 2.76. The number of carbonyl (C=O) groups excluding carboxylic acids is 1. The highest BCUT2D eigenvalue weighted by atomic mass is 32.1. The number of nitrogens with zero attached hydrogens (tertiary/aromatic N) is 2. The normalized spacial score (nSPS) is 10.2. The Hall–Kier alpha value is -1.68. The predicted octanol–water partition coefficient (Wildman–Crippen LogP) is 2.72. The van der Waals surface area contributed by atoms with Crippen LogP contribution in [0.2, 0.25) is 0 Å². The van der Waals surface area contributed by atoms with Gasteiger partial charge in [-0.15, -0.1) is 11.3 Å². The van der Waals surface area contributed by atoms with Crippen molar-refractivity contribution in [3.05, 3.63) is 52.0 Å². The maximum Gasteiger partial charge on any atom is 0.254 e. The van der Waals surface area contributed by atoms with Crippen molar-refractivity contribution in [1.82, 2.24) is 9.88 Å². The second-order valence-electron chi connectivity index (χ2n) is 3.97. The van der Waals surface area contributed by atoms with Crippen molar-refractivity contribution in [2.45, 2.75) is 13.5 Å². The van der Waals surface area contributed by atoms with Crippen molar-refractivity contribution in [1.29, 1.82) is 0 Å². The summed E-state index contributed by atoms with van der Waals surface area (Å²) in [5, 5.41) is 1.90. The molecule has 0 saturated heterocycles. The van der Waals surface area contributed by atoms with Crippen LogP contribution >= 0.6 is 11.3 Å². The van der Waals surface area contributed by atoms with Crippen LogP contribution in [-0.2, 0) is 6.54 Å². The molecule has 2 aromatic rings. The second kappa shape index (κ2) is 5.10. The van der Waals surface area contributed by atoms with Gasteiger partial charge in [-0.2, -0.15) is 0 Å². The minimum absolute atomic E-state index is 0.0539. The van der Waals surface area contributed by atoms with Gasteiger partial charge in [0, 0.05) is 36.2 Å². The van der Waals surface area contributed by atoms with Gasteiger partial charge in [-0.1, -0.05) is 6.07 Å². The molecule has 0 saturated carbocycles. The van der Waals surface area contributed by atoms with Gasteiger partial charge in [0.15, 0.2) is 0 Å². The fourth-order valence-electron chi connectivity index (χ4n) is 1.61. The molecule has 0 aliphatic carbocycles. The van der Waals surface area contributed by atoms with Gasteiger partial charge < -0.3 is 4.90 Å². The van der Waals surface area contributed by atoms with Gasteiger partial charge in [0.1, 0.15) is 0 Å². The van der Waals surface area contributed by atoms with Crippen molar-refractivity contribution in [3.63, 3.8) is 0 Å². The van der Waals surface area contributed by atoms with Crippen molar-refractivity contribution < 1.29 is 4.79 Å². The Morgan fingerprint density at radius 1 is 1.53 bits per heavy atom. The van der Waals surface area contributed by atoms with Gasteiger partial charge in [-0.3, -0.25) is 9.78 Å². The lowest BCUT2D eigenvalue weighted by atomic mass is 10.2. The van der Waals surface area contributed by atoms with Crippen LogP contribution in [0.15, 0.2) is 36.0 Å². The van der Waals surface area contributed by atoms with E-state index in [2.05, 4.69) is 4.98 Å².